The van der Waals surface area contributed by atoms with Gasteiger partial charge in [-0.25, -0.2) is 0 Å². The molecule has 0 atom stereocenters. The van der Waals surface area contributed by atoms with Crippen molar-refractivity contribution in [1.82, 2.24) is 5.32 Å². The second kappa shape index (κ2) is 6.20. The summed E-state index contributed by atoms with van der Waals surface area (Å²) in [6.07, 6.45) is 0. The van der Waals surface area contributed by atoms with Gasteiger partial charge < -0.3 is 10.6 Å². The van der Waals surface area contributed by atoms with E-state index in [1.807, 2.05) is 0 Å². The third kappa shape index (κ3) is 3.75. The molecule has 0 spiro atoms. The van der Waals surface area contributed by atoms with Crippen LogP contribution in [0.25, 0.3) is 0 Å². The van der Waals surface area contributed by atoms with Crippen LogP contribution in [0.5, 0.6) is 0 Å². The first-order valence-electron chi connectivity index (χ1n) is 5.21. The molecule has 0 bridgehead atoms. The maximum absolute atomic E-state index is 10.7. The van der Waals surface area contributed by atoms with Crippen molar-refractivity contribution in [2.45, 2.75) is 6.92 Å². The second-order valence-electron chi connectivity index (χ2n) is 3.51. The number of benzene rings is 1. The Balaban J connectivity index is 2.68. The van der Waals surface area contributed by atoms with Crippen LogP contribution in [-0.4, -0.2) is 23.9 Å². The number of nitrogens with one attached hydrogen (secondary N) is 2. The highest BCUT2D eigenvalue weighted by Crippen LogP contribution is 2.22. The van der Waals surface area contributed by atoms with Crippen molar-refractivity contribution >= 4 is 17.3 Å². The average molecular weight is 248 g/mol. The number of carbonyl (C=O) groups is 1. The number of nitro groups is 1. The average Bonchev–Trinajstić information content (AvgIpc) is 2.34. The minimum Gasteiger partial charge on any atom is -0.383 e. The van der Waals surface area contributed by atoms with Crippen molar-refractivity contribution in [3.63, 3.8) is 0 Å². The van der Waals surface area contributed by atoms with Crippen molar-refractivity contribution in [3.8, 4) is 6.07 Å². The Bertz CT molecular complexity index is 508. The largest absolute Gasteiger partial charge is 0.383 e. The standard InChI is InChI=1S/C11H12N4O3/c1-8(16)13-4-5-14-10-3-2-9(7-12)11(6-10)15(17)18/h2-3,6,14H,4-5H2,1H3,(H,13,16). The zero-order valence-corrected chi connectivity index (χ0v) is 9.77. The van der Waals surface area contributed by atoms with Crippen LogP contribution in [0.3, 0.4) is 0 Å². The predicted molar refractivity (Wildman–Crippen MR) is 65.0 cm³/mol. The number of amides is 1. The highest BCUT2D eigenvalue weighted by Gasteiger charge is 2.13. The smallest absolute Gasteiger partial charge is 0.289 e. The second-order valence-corrected chi connectivity index (χ2v) is 3.51. The molecule has 0 aromatic heterocycles. The summed E-state index contributed by atoms with van der Waals surface area (Å²) in [4.78, 5) is 20.7. The first-order valence-corrected chi connectivity index (χ1v) is 5.21. The summed E-state index contributed by atoms with van der Waals surface area (Å²) >= 11 is 0. The lowest BCUT2D eigenvalue weighted by molar-refractivity contribution is -0.385. The van der Waals surface area contributed by atoms with Crippen LogP contribution in [0.1, 0.15) is 12.5 Å². The van der Waals surface area contributed by atoms with Crippen LogP contribution in [0, 0.1) is 21.4 Å². The molecule has 1 rings (SSSR count). The Labute approximate surface area is 104 Å². The summed E-state index contributed by atoms with van der Waals surface area (Å²) in [5.74, 6) is -0.136. The number of nitriles is 1. The molecular weight excluding hydrogens is 236 g/mol. The van der Waals surface area contributed by atoms with Gasteiger partial charge in [-0.1, -0.05) is 0 Å². The van der Waals surface area contributed by atoms with Crippen LogP contribution >= 0.6 is 0 Å². The molecule has 0 unspecified atom stereocenters. The number of rotatable bonds is 5. The third-order valence-electron chi connectivity index (χ3n) is 2.14. The number of anilines is 1. The van der Waals surface area contributed by atoms with E-state index >= 15 is 0 Å². The van der Waals surface area contributed by atoms with Gasteiger partial charge in [0.2, 0.25) is 5.91 Å². The quantitative estimate of drug-likeness (QED) is 0.459. The fourth-order valence-electron chi connectivity index (χ4n) is 1.33. The third-order valence-corrected chi connectivity index (χ3v) is 2.14. The van der Waals surface area contributed by atoms with Crippen molar-refractivity contribution in [3.05, 3.63) is 33.9 Å². The lowest BCUT2D eigenvalue weighted by atomic mass is 10.2. The minimum atomic E-state index is -0.600. The molecule has 1 aromatic rings. The molecule has 0 aliphatic rings. The Kier molecular flexibility index (Phi) is 4.63. The van der Waals surface area contributed by atoms with E-state index in [2.05, 4.69) is 10.6 Å². The molecule has 18 heavy (non-hydrogen) atoms. The zero-order chi connectivity index (χ0) is 13.5. The fraction of sp³-hybridized carbons (Fsp3) is 0.273. The van der Waals surface area contributed by atoms with E-state index in [0.717, 1.165) is 0 Å². The zero-order valence-electron chi connectivity index (χ0n) is 9.77. The van der Waals surface area contributed by atoms with E-state index in [0.29, 0.717) is 18.8 Å². The van der Waals surface area contributed by atoms with Gasteiger partial charge in [0.25, 0.3) is 5.69 Å². The fourth-order valence-corrected chi connectivity index (χ4v) is 1.33. The number of carbonyl (C=O) groups excluding carboxylic acids is 1. The lowest BCUT2D eigenvalue weighted by Gasteiger charge is -2.06. The van der Waals surface area contributed by atoms with Gasteiger partial charge in [-0.05, 0) is 12.1 Å². The molecule has 0 saturated carbocycles. The SMILES string of the molecule is CC(=O)NCCNc1ccc(C#N)c([N+](=O)[O-])c1. The normalized spacial score (nSPS) is 9.33. The molecule has 0 aliphatic carbocycles. The monoisotopic (exact) mass is 248 g/mol. The Morgan fingerprint density at radius 3 is 2.78 bits per heavy atom. The highest BCUT2D eigenvalue weighted by molar-refractivity contribution is 5.72. The van der Waals surface area contributed by atoms with Crippen molar-refractivity contribution in [2.75, 3.05) is 18.4 Å². The van der Waals surface area contributed by atoms with Crippen LogP contribution < -0.4 is 10.6 Å². The molecule has 0 radical (unpaired) electrons. The Hall–Kier alpha value is -2.62. The number of nitrogens with zero attached hydrogens (tertiary/aromatic N) is 2. The summed E-state index contributed by atoms with van der Waals surface area (Å²) in [5.41, 5.74) is 0.320. The molecule has 1 amide bonds. The Morgan fingerprint density at radius 2 is 2.22 bits per heavy atom. The molecule has 0 heterocycles. The van der Waals surface area contributed by atoms with Gasteiger partial charge in [0.1, 0.15) is 11.6 Å². The number of hydrogen-bond donors (Lipinski definition) is 2. The highest BCUT2D eigenvalue weighted by atomic mass is 16.6. The van der Waals surface area contributed by atoms with Gasteiger partial charge in [-0.3, -0.25) is 14.9 Å². The summed E-state index contributed by atoms with van der Waals surface area (Å²) in [7, 11) is 0. The molecule has 94 valence electrons. The van der Waals surface area contributed by atoms with Gasteiger partial charge in [0, 0.05) is 31.8 Å². The lowest BCUT2D eigenvalue weighted by Crippen LogP contribution is -2.26. The van der Waals surface area contributed by atoms with E-state index in [1.165, 1.54) is 19.1 Å². The van der Waals surface area contributed by atoms with E-state index in [9.17, 15) is 14.9 Å². The minimum absolute atomic E-state index is 0.0208. The van der Waals surface area contributed by atoms with Crippen LogP contribution in [-0.2, 0) is 4.79 Å². The van der Waals surface area contributed by atoms with E-state index in [-0.39, 0.29) is 17.2 Å². The summed E-state index contributed by atoms with van der Waals surface area (Å²) in [6, 6.07) is 6.03. The Morgan fingerprint density at radius 1 is 1.50 bits per heavy atom. The van der Waals surface area contributed by atoms with E-state index in [4.69, 9.17) is 5.26 Å². The molecule has 0 fully saturated rings. The van der Waals surface area contributed by atoms with Gasteiger partial charge in [-0.15, -0.1) is 0 Å². The van der Waals surface area contributed by atoms with Crippen molar-refractivity contribution in [1.29, 1.82) is 5.26 Å². The van der Waals surface area contributed by atoms with E-state index in [1.54, 1.807) is 12.1 Å². The molecule has 7 heteroatoms. The summed E-state index contributed by atoms with van der Waals surface area (Å²) in [5, 5.41) is 24.9. The van der Waals surface area contributed by atoms with Gasteiger partial charge >= 0.3 is 0 Å². The van der Waals surface area contributed by atoms with Crippen LogP contribution in [0.15, 0.2) is 18.2 Å². The predicted octanol–water partition coefficient (Wildman–Crippen LogP) is 1.01. The first kappa shape index (κ1) is 13.4. The molecule has 2 N–H and O–H groups in total. The maximum atomic E-state index is 10.7. The molecule has 7 nitrogen and oxygen atoms in total. The summed E-state index contributed by atoms with van der Waals surface area (Å²) in [6.45, 7) is 2.28. The van der Waals surface area contributed by atoms with E-state index < -0.39 is 4.92 Å². The number of nitro benzene ring substituents is 1. The molecule has 0 aliphatic heterocycles. The topological polar surface area (TPSA) is 108 Å². The van der Waals surface area contributed by atoms with Crippen LogP contribution in [0.2, 0.25) is 0 Å². The maximum Gasteiger partial charge on any atom is 0.289 e. The first-order chi connectivity index (χ1) is 8.54. The van der Waals surface area contributed by atoms with Crippen molar-refractivity contribution < 1.29 is 9.72 Å². The summed E-state index contributed by atoms with van der Waals surface area (Å²) < 4.78 is 0. The van der Waals surface area contributed by atoms with Crippen LogP contribution in [0.4, 0.5) is 11.4 Å². The van der Waals surface area contributed by atoms with Gasteiger partial charge in [0.05, 0.1) is 4.92 Å². The number of hydrogen-bond acceptors (Lipinski definition) is 5. The van der Waals surface area contributed by atoms with Gasteiger partial charge in [0.15, 0.2) is 0 Å². The molecule has 1 aromatic carbocycles. The van der Waals surface area contributed by atoms with Gasteiger partial charge in [-0.2, -0.15) is 5.26 Å². The van der Waals surface area contributed by atoms with Crippen molar-refractivity contribution in [2.24, 2.45) is 0 Å². The molecule has 0 saturated heterocycles. The molecular formula is C11H12N4O3.